The predicted octanol–water partition coefficient (Wildman–Crippen LogP) is 0.651. The molecule has 0 aromatic carbocycles. The summed E-state index contributed by atoms with van der Waals surface area (Å²) < 4.78 is 10.9. The second kappa shape index (κ2) is 6.96. The summed E-state index contributed by atoms with van der Waals surface area (Å²) in [6.45, 7) is 3.39. The van der Waals surface area contributed by atoms with Gasteiger partial charge >= 0.3 is 0 Å². The zero-order valence-corrected chi connectivity index (χ0v) is 13.3. The summed E-state index contributed by atoms with van der Waals surface area (Å²) in [7, 11) is 1.65. The number of ether oxygens (including phenoxy) is 2. The van der Waals surface area contributed by atoms with E-state index in [-0.39, 0.29) is 29.9 Å². The minimum Gasteiger partial charge on any atom is -0.381 e. The van der Waals surface area contributed by atoms with E-state index in [1.54, 1.807) is 12.0 Å². The summed E-state index contributed by atoms with van der Waals surface area (Å²) in [5, 5.41) is 0. The van der Waals surface area contributed by atoms with Crippen LogP contribution in [-0.4, -0.2) is 73.7 Å². The number of rotatable bonds is 3. The molecule has 124 valence electrons. The molecule has 0 saturated carbocycles. The first-order valence-electron chi connectivity index (χ1n) is 8.40. The highest BCUT2D eigenvalue weighted by Crippen LogP contribution is 2.27. The number of hydrogen-bond acceptors (Lipinski definition) is 4. The van der Waals surface area contributed by atoms with E-state index in [4.69, 9.17) is 9.47 Å². The van der Waals surface area contributed by atoms with Crippen LogP contribution in [-0.2, 0) is 19.1 Å². The van der Waals surface area contributed by atoms with E-state index in [2.05, 4.69) is 0 Å². The fourth-order valence-corrected chi connectivity index (χ4v) is 3.76. The monoisotopic (exact) mass is 310 g/mol. The average molecular weight is 310 g/mol. The molecule has 3 aliphatic heterocycles. The molecule has 0 bridgehead atoms. The molecule has 1 unspecified atom stereocenters. The molecular formula is C16H26N2O4. The third-order valence-corrected chi connectivity index (χ3v) is 5.09. The Bertz CT molecular complexity index is 416. The van der Waals surface area contributed by atoms with Crippen LogP contribution in [0, 0.1) is 5.92 Å². The molecule has 3 rings (SSSR count). The minimum absolute atomic E-state index is 0.0370. The van der Waals surface area contributed by atoms with E-state index >= 15 is 0 Å². The van der Waals surface area contributed by atoms with Crippen molar-refractivity contribution >= 4 is 11.8 Å². The molecule has 0 aromatic rings. The lowest BCUT2D eigenvalue weighted by Crippen LogP contribution is -2.49. The van der Waals surface area contributed by atoms with E-state index in [9.17, 15) is 9.59 Å². The van der Waals surface area contributed by atoms with Crippen LogP contribution in [0.5, 0.6) is 0 Å². The van der Waals surface area contributed by atoms with Gasteiger partial charge < -0.3 is 19.3 Å². The molecule has 0 radical (unpaired) electrons. The van der Waals surface area contributed by atoms with Gasteiger partial charge in [-0.3, -0.25) is 9.59 Å². The Labute approximate surface area is 131 Å². The molecule has 6 heteroatoms. The van der Waals surface area contributed by atoms with Gasteiger partial charge in [0, 0.05) is 39.8 Å². The van der Waals surface area contributed by atoms with Gasteiger partial charge in [-0.05, 0) is 25.7 Å². The molecule has 6 nitrogen and oxygen atoms in total. The second-order valence-electron chi connectivity index (χ2n) is 6.55. The maximum absolute atomic E-state index is 12.8. The average Bonchev–Trinajstić information content (AvgIpc) is 3.23. The van der Waals surface area contributed by atoms with Crippen molar-refractivity contribution < 1.29 is 19.1 Å². The van der Waals surface area contributed by atoms with Crippen molar-refractivity contribution in [2.75, 3.05) is 40.0 Å². The van der Waals surface area contributed by atoms with Crippen LogP contribution in [0.25, 0.3) is 0 Å². The largest absolute Gasteiger partial charge is 0.381 e. The number of hydrogen-bond donors (Lipinski definition) is 0. The lowest BCUT2D eigenvalue weighted by molar-refractivity contribution is -0.148. The van der Waals surface area contributed by atoms with E-state index in [1.165, 1.54) is 0 Å². The second-order valence-corrected chi connectivity index (χ2v) is 6.55. The summed E-state index contributed by atoms with van der Waals surface area (Å²) >= 11 is 0. The van der Waals surface area contributed by atoms with E-state index in [1.807, 2.05) is 4.90 Å². The Hall–Kier alpha value is -1.14. The lowest BCUT2D eigenvalue weighted by Gasteiger charge is -2.31. The maximum atomic E-state index is 12.8. The normalized spacial score (nSPS) is 32.5. The molecule has 2 amide bonds. The molecule has 0 N–H and O–H groups in total. The van der Waals surface area contributed by atoms with Crippen LogP contribution in [0.1, 0.15) is 32.1 Å². The Kier molecular flexibility index (Phi) is 4.98. The summed E-state index contributed by atoms with van der Waals surface area (Å²) in [6.07, 6.45) is 4.49. The van der Waals surface area contributed by atoms with Crippen molar-refractivity contribution in [3.05, 3.63) is 0 Å². The molecule has 3 fully saturated rings. The number of carbonyl (C=O) groups is 2. The zero-order valence-electron chi connectivity index (χ0n) is 13.3. The maximum Gasteiger partial charge on any atom is 0.245 e. The third kappa shape index (κ3) is 3.13. The summed E-state index contributed by atoms with van der Waals surface area (Å²) in [5.74, 6) is 0.0668. The molecule has 3 aliphatic rings. The smallest absolute Gasteiger partial charge is 0.245 e. The van der Waals surface area contributed by atoms with Crippen molar-refractivity contribution in [1.29, 1.82) is 0 Å². The van der Waals surface area contributed by atoms with Crippen LogP contribution in [0.3, 0.4) is 0 Å². The van der Waals surface area contributed by atoms with Gasteiger partial charge in [-0.25, -0.2) is 0 Å². The standard InChI is InChI=1S/C16H26N2O4/c1-21-13-9-14(16(20)17-6-2-3-7-17)18(10-13)15(19)12-5-4-8-22-11-12/h12-14H,2-11H2,1H3/t12?,13-,14-/m0/s1. The van der Waals surface area contributed by atoms with Crippen LogP contribution in [0.15, 0.2) is 0 Å². The Morgan fingerprint density at radius 1 is 1.14 bits per heavy atom. The molecule has 3 heterocycles. The zero-order chi connectivity index (χ0) is 15.5. The Morgan fingerprint density at radius 3 is 2.55 bits per heavy atom. The van der Waals surface area contributed by atoms with Crippen LogP contribution < -0.4 is 0 Å². The molecule has 22 heavy (non-hydrogen) atoms. The summed E-state index contributed by atoms with van der Waals surface area (Å²) in [5.41, 5.74) is 0. The lowest BCUT2D eigenvalue weighted by atomic mass is 10.00. The van der Waals surface area contributed by atoms with E-state index < -0.39 is 0 Å². The van der Waals surface area contributed by atoms with Gasteiger partial charge in [-0.2, -0.15) is 0 Å². The van der Waals surface area contributed by atoms with E-state index in [0.717, 1.165) is 45.4 Å². The van der Waals surface area contributed by atoms with Crippen molar-refractivity contribution in [3.8, 4) is 0 Å². The van der Waals surface area contributed by atoms with Gasteiger partial charge in [0.25, 0.3) is 0 Å². The number of nitrogens with zero attached hydrogens (tertiary/aromatic N) is 2. The molecule has 0 spiro atoms. The first kappa shape index (κ1) is 15.7. The molecule has 3 saturated heterocycles. The quantitative estimate of drug-likeness (QED) is 0.768. The van der Waals surface area contributed by atoms with Crippen LogP contribution in [0.2, 0.25) is 0 Å². The van der Waals surface area contributed by atoms with Gasteiger partial charge in [-0.1, -0.05) is 0 Å². The van der Waals surface area contributed by atoms with Gasteiger partial charge in [0.15, 0.2) is 0 Å². The SMILES string of the molecule is CO[C@H]1C[C@@H](C(=O)N2CCCC2)N(C(=O)C2CCCOC2)C1. The molecular weight excluding hydrogens is 284 g/mol. The highest BCUT2D eigenvalue weighted by molar-refractivity contribution is 5.89. The highest BCUT2D eigenvalue weighted by atomic mass is 16.5. The Balaban J connectivity index is 1.70. The Morgan fingerprint density at radius 2 is 1.91 bits per heavy atom. The van der Waals surface area contributed by atoms with Crippen molar-refractivity contribution in [1.82, 2.24) is 9.80 Å². The van der Waals surface area contributed by atoms with Crippen molar-refractivity contribution in [2.24, 2.45) is 5.92 Å². The molecule has 0 aliphatic carbocycles. The third-order valence-electron chi connectivity index (χ3n) is 5.09. The molecule has 3 atom stereocenters. The highest BCUT2D eigenvalue weighted by Gasteiger charge is 2.43. The van der Waals surface area contributed by atoms with E-state index in [0.29, 0.717) is 19.6 Å². The fraction of sp³-hybridized carbons (Fsp3) is 0.875. The van der Waals surface area contributed by atoms with Crippen molar-refractivity contribution in [2.45, 2.75) is 44.2 Å². The number of carbonyl (C=O) groups excluding carboxylic acids is 2. The van der Waals surface area contributed by atoms with Gasteiger partial charge in [0.2, 0.25) is 11.8 Å². The number of amides is 2. The minimum atomic E-state index is -0.350. The first-order chi connectivity index (χ1) is 10.7. The number of methoxy groups -OCH3 is 1. The first-order valence-corrected chi connectivity index (χ1v) is 8.40. The van der Waals surface area contributed by atoms with Crippen molar-refractivity contribution in [3.63, 3.8) is 0 Å². The fourth-order valence-electron chi connectivity index (χ4n) is 3.76. The summed E-state index contributed by atoms with van der Waals surface area (Å²) in [4.78, 5) is 29.2. The van der Waals surface area contributed by atoms with Gasteiger partial charge in [0.05, 0.1) is 18.6 Å². The van der Waals surface area contributed by atoms with Crippen LogP contribution >= 0.6 is 0 Å². The van der Waals surface area contributed by atoms with Gasteiger partial charge in [-0.15, -0.1) is 0 Å². The molecule has 0 aromatic heterocycles. The van der Waals surface area contributed by atoms with Crippen LogP contribution in [0.4, 0.5) is 0 Å². The topological polar surface area (TPSA) is 59.1 Å². The van der Waals surface area contributed by atoms with Gasteiger partial charge in [0.1, 0.15) is 6.04 Å². The number of likely N-dealkylation sites (tertiary alicyclic amines) is 2. The summed E-state index contributed by atoms with van der Waals surface area (Å²) in [6, 6.07) is -0.350. The predicted molar refractivity (Wildman–Crippen MR) is 80.3 cm³/mol.